The van der Waals surface area contributed by atoms with Crippen LogP contribution in [0.2, 0.25) is 0 Å². The van der Waals surface area contributed by atoms with Gasteiger partial charge in [0.2, 0.25) is 11.8 Å². The van der Waals surface area contributed by atoms with E-state index in [4.69, 9.17) is 19.7 Å². The summed E-state index contributed by atoms with van der Waals surface area (Å²) in [5.41, 5.74) is 2.72. The lowest BCUT2D eigenvalue weighted by Gasteiger charge is -2.30. The number of benzene rings is 2. The second-order valence-corrected chi connectivity index (χ2v) is 9.60. The number of para-hydroxylation sites is 1. The van der Waals surface area contributed by atoms with Gasteiger partial charge in [-0.2, -0.15) is 13.2 Å². The Labute approximate surface area is 250 Å². The quantitative estimate of drug-likeness (QED) is 0.218. The second-order valence-electron chi connectivity index (χ2n) is 9.60. The monoisotopic (exact) mass is 625 g/mol. The molecule has 13 nitrogen and oxygen atoms in total. The number of nitrogens with zero attached hydrogens (tertiary/aromatic N) is 1. The number of carboxylic acid groups (broad SMARTS) is 2. The Kier molecular flexibility index (Phi) is 14.1. The number of nitrogens with one attached hydrogen (secondary N) is 4. The Morgan fingerprint density at radius 3 is 1.95 bits per heavy atom. The predicted molar refractivity (Wildman–Crippen MR) is 153 cm³/mol. The highest BCUT2D eigenvalue weighted by Gasteiger charge is 2.38. The number of urea groups is 1. The van der Waals surface area contributed by atoms with Crippen molar-refractivity contribution >= 4 is 46.8 Å². The Morgan fingerprint density at radius 1 is 0.864 bits per heavy atom. The fourth-order valence-corrected chi connectivity index (χ4v) is 3.85. The highest BCUT2D eigenvalue weighted by Crippen LogP contribution is 2.17. The van der Waals surface area contributed by atoms with Crippen LogP contribution in [0.25, 0.3) is 0 Å². The van der Waals surface area contributed by atoms with Crippen LogP contribution >= 0.6 is 0 Å². The van der Waals surface area contributed by atoms with E-state index in [0.717, 1.165) is 5.56 Å². The summed E-state index contributed by atoms with van der Waals surface area (Å²) in [5, 5.41) is 27.3. The van der Waals surface area contributed by atoms with E-state index >= 15 is 0 Å². The number of halogens is 3. The molecule has 0 spiro atoms. The SMILES string of the molecule is Cc1ccccc1NC(=O)Nc1ccc(NC(=O)CCC(=O)N[C@@H](CC(=O)O)CN2CCOCC2)cc1.O=C(O)C(F)(F)F. The highest BCUT2D eigenvalue weighted by atomic mass is 19.4. The zero-order chi connectivity index (χ0) is 32.7. The number of carboxylic acids is 2. The Balaban J connectivity index is 0.000000860. The van der Waals surface area contributed by atoms with E-state index in [9.17, 15) is 32.3 Å². The van der Waals surface area contributed by atoms with Crippen molar-refractivity contribution in [3.63, 3.8) is 0 Å². The smallest absolute Gasteiger partial charge is 0.481 e. The molecule has 1 aliphatic heterocycles. The molecule has 0 saturated carbocycles. The molecule has 0 aliphatic carbocycles. The summed E-state index contributed by atoms with van der Waals surface area (Å²) in [6.07, 6.45) is -5.40. The van der Waals surface area contributed by atoms with Crippen molar-refractivity contribution in [1.29, 1.82) is 0 Å². The fraction of sp³-hybridized carbons (Fsp3) is 0.393. The van der Waals surface area contributed by atoms with Crippen molar-refractivity contribution in [3.05, 3.63) is 54.1 Å². The Bertz CT molecular complexity index is 1280. The minimum absolute atomic E-state index is 0.0536. The van der Waals surface area contributed by atoms with Gasteiger partial charge in [-0.1, -0.05) is 18.2 Å². The second kappa shape index (κ2) is 17.4. The Hall–Kier alpha value is -4.70. The maximum atomic E-state index is 12.4. The van der Waals surface area contributed by atoms with Crippen LogP contribution in [-0.4, -0.2) is 90.0 Å². The van der Waals surface area contributed by atoms with Crippen LogP contribution in [0, 0.1) is 6.92 Å². The van der Waals surface area contributed by atoms with Gasteiger partial charge < -0.3 is 36.2 Å². The number of hydrogen-bond acceptors (Lipinski definition) is 7. The van der Waals surface area contributed by atoms with E-state index in [1.54, 1.807) is 24.3 Å². The number of carbonyl (C=O) groups is 5. The van der Waals surface area contributed by atoms with Crippen LogP contribution in [-0.2, 0) is 23.9 Å². The third-order valence-corrected chi connectivity index (χ3v) is 6.01. The zero-order valence-electron chi connectivity index (χ0n) is 23.8. The van der Waals surface area contributed by atoms with Crippen LogP contribution in [0.3, 0.4) is 0 Å². The molecule has 0 unspecified atom stereocenters. The van der Waals surface area contributed by atoms with Crippen LogP contribution in [0.15, 0.2) is 48.5 Å². The van der Waals surface area contributed by atoms with E-state index in [-0.39, 0.29) is 37.1 Å². The predicted octanol–water partition coefficient (Wildman–Crippen LogP) is 3.28. The third-order valence-electron chi connectivity index (χ3n) is 6.01. The van der Waals surface area contributed by atoms with Gasteiger partial charge in [-0.05, 0) is 42.8 Å². The lowest BCUT2D eigenvalue weighted by atomic mass is 10.1. The molecule has 0 radical (unpaired) electrons. The number of anilines is 3. The van der Waals surface area contributed by atoms with Crippen molar-refractivity contribution in [3.8, 4) is 0 Å². The Morgan fingerprint density at radius 2 is 1.41 bits per heavy atom. The van der Waals surface area contributed by atoms with E-state index in [1.807, 2.05) is 31.2 Å². The van der Waals surface area contributed by atoms with Crippen molar-refractivity contribution in [1.82, 2.24) is 10.2 Å². The summed E-state index contributed by atoms with van der Waals surface area (Å²) in [5.74, 6) is -4.49. The zero-order valence-corrected chi connectivity index (χ0v) is 23.8. The summed E-state index contributed by atoms with van der Waals surface area (Å²) in [6.45, 7) is 4.82. The van der Waals surface area contributed by atoms with Gasteiger partial charge >= 0.3 is 24.1 Å². The average Bonchev–Trinajstić information content (AvgIpc) is 2.94. The fourth-order valence-electron chi connectivity index (χ4n) is 3.85. The molecule has 1 atom stereocenters. The summed E-state index contributed by atoms with van der Waals surface area (Å²) < 4.78 is 37.0. The molecule has 16 heteroatoms. The number of rotatable bonds is 11. The molecular formula is C28H34F3N5O8. The average molecular weight is 626 g/mol. The summed E-state index contributed by atoms with van der Waals surface area (Å²) >= 11 is 0. The molecule has 4 amide bonds. The molecule has 1 fully saturated rings. The first-order chi connectivity index (χ1) is 20.7. The van der Waals surface area contributed by atoms with Gasteiger partial charge in [-0.3, -0.25) is 19.3 Å². The van der Waals surface area contributed by atoms with Crippen LogP contribution in [0.4, 0.5) is 35.0 Å². The van der Waals surface area contributed by atoms with Crippen LogP contribution in [0.1, 0.15) is 24.8 Å². The molecule has 1 aliphatic rings. The minimum Gasteiger partial charge on any atom is -0.481 e. The van der Waals surface area contributed by atoms with Crippen molar-refractivity contribution < 1.29 is 52.1 Å². The molecular weight excluding hydrogens is 591 g/mol. The largest absolute Gasteiger partial charge is 0.490 e. The molecule has 0 aromatic heterocycles. The third kappa shape index (κ3) is 14.0. The number of alkyl halides is 3. The molecule has 240 valence electrons. The number of hydrogen-bond donors (Lipinski definition) is 6. The van der Waals surface area contributed by atoms with Gasteiger partial charge in [0.25, 0.3) is 0 Å². The maximum Gasteiger partial charge on any atom is 0.490 e. The molecule has 1 saturated heterocycles. The van der Waals surface area contributed by atoms with Crippen molar-refractivity contribution in [2.75, 3.05) is 48.8 Å². The standard InChI is InChI=1S/C26H33N5O6.C2HF3O2/c1-18-4-2-3-5-22(18)30-26(36)29-20-8-6-19(7-9-20)27-23(32)10-11-24(33)28-21(16-25(34)35)17-31-12-14-37-15-13-31;3-2(4,5)1(6)7/h2-9,21H,10-17H2,1H3,(H,27,32)(H,28,33)(H,34,35)(H2,29,30,36);(H,6,7)/t21-;/m0./s1. The summed E-state index contributed by atoms with van der Waals surface area (Å²) in [4.78, 5) is 59.0. The molecule has 2 aromatic carbocycles. The van der Waals surface area contributed by atoms with Gasteiger partial charge in [-0.15, -0.1) is 0 Å². The van der Waals surface area contributed by atoms with Crippen LogP contribution < -0.4 is 21.3 Å². The van der Waals surface area contributed by atoms with Gasteiger partial charge in [-0.25, -0.2) is 9.59 Å². The topological polar surface area (TPSA) is 186 Å². The lowest BCUT2D eigenvalue weighted by Crippen LogP contribution is -2.48. The summed E-state index contributed by atoms with van der Waals surface area (Å²) in [7, 11) is 0. The number of morpholine rings is 1. The first kappa shape index (κ1) is 35.5. The molecule has 1 heterocycles. The lowest BCUT2D eigenvalue weighted by molar-refractivity contribution is -0.192. The molecule has 6 N–H and O–H groups in total. The summed E-state index contributed by atoms with van der Waals surface area (Å²) in [6, 6.07) is 13.1. The molecule has 44 heavy (non-hydrogen) atoms. The van der Waals surface area contributed by atoms with E-state index in [1.165, 1.54) is 0 Å². The van der Waals surface area contributed by atoms with Crippen molar-refractivity contribution in [2.24, 2.45) is 0 Å². The maximum absolute atomic E-state index is 12.4. The van der Waals surface area contributed by atoms with Gasteiger partial charge in [0.15, 0.2) is 0 Å². The molecule has 2 aromatic rings. The van der Waals surface area contributed by atoms with Gasteiger partial charge in [0.05, 0.1) is 25.7 Å². The number of carbonyl (C=O) groups excluding carboxylic acids is 3. The van der Waals surface area contributed by atoms with Gasteiger partial charge in [0.1, 0.15) is 0 Å². The number of aryl methyl sites for hydroxylation is 1. The number of amides is 4. The minimum atomic E-state index is -5.08. The van der Waals surface area contributed by atoms with Crippen molar-refractivity contribution in [2.45, 2.75) is 38.4 Å². The highest BCUT2D eigenvalue weighted by molar-refractivity contribution is 6.00. The van der Waals surface area contributed by atoms with E-state index in [0.29, 0.717) is 49.9 Å². The first-order valence-electron chi connectivity index (χ1n) is 13.4. The van der Waals surface area contributed by atoms with E-state index < -0.39 is 24.2 Å². The van der Waals surface area contributed by atoms with E-state index in [2.05, 4.69) is 26.2 Å². The van der Waals surface area contributed by atoms with Crippen LogP contribution in [0.5, 0.6) is 0 Å². The normalized spacial score (nSPS) is 13.8. The molecule has 0 bridgehead atoms. The molecule has 3 rings (SSSR count). The number of aliphatic carboxylic acids is 2. The first-order valence-corrected chi connectivity index (χ1v) is 13.4. The number of ether oxygens (including phenoxy) is 1. The van der Waals surface area contributed by atoms with Gasteiger partial charge in [0, 0.05) is 49.5 Å².